The topological polar surface area (TPSA) is 56.2 Å². The Morgan fingerprint density at radius 2 is 2.00 bits per heavy atom. The van der Waals surface area contributed by atoms with E-state index in [1.54, 1.807) is 0 Å². The van der Waals surface area contributed by atoms with Crippen molar-refractivity contribution in [2.24, 2.45) is 0 Å². The van der Waals surface area contributed by atoms with Gasteiger partial charge in [0.25, 0.3) is 5.91 Å². The molecule has 0 bridgehead atoms. The third-order valence-corrected chi connectivity index (χ3v) is 4.69. The molecule has 1 amide bonds. The number of nitrogens with zero attached hydrogens (tertiary/aromatic N) is 2. The van der Waals surface area contributed by atoms with E-state index in [2.05, 4.69) is 23.4 Å². The van der Waals surface area contributed by atoms with Gasteiger partial charge in [-0.3, -0.25) is 9.48 Å². The van der Waals surface area contributed by atoms with Crippen LogP contribution in [0.5, 0.6) is 5.75 Å². The Balaban J connectivity index is 1.64. The first-order valence-electron chi connectivity index (χ1n) is 9.59. The van der Waals surface area contributed by atoms with E-state index in [4.69, 9.17) is 4.74 Å². The molecule has 0 spiro atoms. The van der Waals surface area contributed by atoms with E-state index in [1.165, 1.54) is 5.56 Å². The molecule has 3 rings (SSSR count). The van der Waals surface area contributed by atoms with Crippen molar-refractivity contribution >= 4 is 5.91 Å². The number of carbonyl (C=O) groups is 1. The van der Waals surface area contributed by atoms with Gasteiger partial charge in [0.05, 0.1) is 11.7 Å². The summed E-state index contributed by atoms with van der Waals surface area (Å²) in [6.07, 6.45) is 1.92. The number of ether oxygens (including phenoxy) is 1. The number of amides is 1. The minimum absolute atomic E-state index is 0.119. The minimum atomic E-state index is -0.157. The van der Waals surface area contributed by atoms with E-state index in [1.807, 2.05) is 74.1 Å². The molecule has 1 N–H and O–H groups in total. The molecule has 28 heavy (non-hydrogen) atoms. The largest absolute Gasteiger partial charge is 0.489 e. The third-order valence-electron chi connectivity index (χ3n) is 4.69. The van der Waals surface area contributed by atoms with Crippen molar-refractivity contribution in [3.63, 3.8) is 0 Å². The Morgan fingerprint density at radius 1 is 1.18 bits per heavy atom. The van der Waals surface area contributed by atoms with Crippen LogP contribution in [0.15, 0.2) is 54.7 Å². The highest BCUT2D eigenvalue weighted by atomic mass is 16.5. The van der Waals surface area contributed by atoms with Crippen LogP contribution in [-0.4, -0.2) is 15.7 Å². The zero-order valence-electron chi connectivity index (χ0n) is 16.9. The zero-order chi connectivity index (χ0) is 20.1. The van der Waals surface area contributed by atoms with Crippen molar-refractivity contribution in [2.45, 2.75) is 46.9 Å². The molecule has 0 radical (unpaired) electrons. The highest BCUT2D eigenvalue weighted by molar-refractivity contribution is 5.94. The minimum Gasteiger partial charge on any atom is -0.489 e. The number of rotatable bonds is 7. The molecule has 1 aromatic heterocycles. The van der Waals surface area contributed by atoms with Crippen molar-refractivity contribution in [1.82, 2.24) is 15.1 Å². The molecule has 1 heterocycles. The molecule has 5 nitrogen and oxygen atoms in total. The summed E-state index contributed by atoms with van der Waals surface area (Å²) < 4.78 is 7.78. The maximum absolute atomic E-state index is 12.6. The molecule has 2 aromatic carbocycles. The van der Waals surface area contributed by atoms with Gasteiger partial charge in [-0.25, -0.2) is 0 Å². The first-order chi connectivity index (χ1) is 13.5. The summed E-state index contributed by atoms with van der Waals surface area (Å²) >= 11 is 0. The molecule has 0 fully saturated rings. The lowest BCUT2D eigenvalue weighted by Crippen LogP contribution is -2.27. The molecule has 0 aliphatic rings. The van der Waals surface area contributed by atoms with Crippen molar-refractivity contribution < 1.29 is 9.53 Å². The molecule has 5 heteroatoms. The summed E-state index contributed by atoms with van der Waals surface area (Å²) in [5, 5.41) is 7.46. The van der Waals surface area contributed by atoms with Crippen LogP contribution in [0.4, 0.5) is 0 Å². The van der Waals surface area contributed by atoms with Gasteiger partial charge in [0.2, 0.25) is 0 Å². The van der Waals surface area contributed by atoms with Crippen LogP contribution in [0.25, 0.3) is 0 Å². The van der Waals surface area contributed by atoms with Gasteiger partial charge >= 0.3 is 0 Å². The number of benzene rings is 2. The molecule has 0 saturated carbocycles. The van der Waals surface area contributed by atoms with E-state index in [9.17, 15) is 4.79 Å². The molecule has 0 saturated heterocycles. The van der Waals surface area contributed by atoms with Gasteiger partial charge in [-0.15, -0.1) is 0 Å². The van der Waals surface area contributed by atoms with Gasteiger partial charge in [0, 0.05) is 18.3 Å². The lowest BCUT2D eigenvalue weighted by molar-refractivity contribution is 0.0939. The molecule has 146 valence electrons. The summed E-state index contributed by atoms with van der Waals surface area (Å²) in [7, 11) is 0. The monoisotopic (exact) mass is 377 g/mol. The van der Waals surface area contributed by atoms with Crippen LogP contribution in [0, 0.1) is 13.8 Å². The SMILES string of the molecule is CCn1ccc(C(C)NC(=O)c2cccc(COc3ccc(C)cc3C)c2)n1. The van der Waals surface area contributed by atoms with Crippen molar-refractivity contribution in [3.8, 4) is 5.75 Å². The van der Waals surface area contributed by atoms with Gasteiger partial charge in [0.1, 0.15) is 12.4 Å². The lowest BCUT2D eigenvalue weighted by atomic mass is 10.1. The molecule has 3 aromatic rings. The number of aryl methyl sites for hydroxylation is 3. The molecule has 1 unspecified atom stereocenters. The van der Waals surface area contributed by atoms with E-state index in [0.717, 1.165) is 29.1 Å². The van der Waals surface area contributed by atoms with Crippen LogP contribution in [0.2, 0.25) is 0 Å². The standard InChI is InChI=1S/C23H27N3O2/c1-5-26-12-11-21(25-26)18(4)24-23(27)20-8-6-7-19(14-20)15-28-22-10-9-16(2)13-17(22)3/h6-14,18H,5,15H2,1-4H3,(H,24,27). The summed E-state index contributed by atoms with van der Waals surface area (Å²) in [6.45, 7) is 9.30. The van der Waals surface area contributed by atoms with Gasteiger partial charge < -0.3 is 10.1 Å². The van der Waals surface area contributed by atoms with E-state index >= 15 is 0 Å². The van der Waals surface area contributed by atoms with Crippen LogP contribution >= 0.6 is 0 Å². The Morgan fingerprint density at radius 3 is 2.71 bits per heavy atom. The summed E-state index contributed by atoms with van der Waals surface area (Å²) in [6, 6.07) is 15.4. The van der Waals surface area contributed by atoms with Gasteiger partial charge in [-0.2, -0.15) is 5.10 Å². The Bertz CT molecular complexity index is 962. The van der Waals surface area contributed by atoms with Crippen molar-refractivity contribution in [3.05, 3.63) is 82.7 Å². The first kappa shape index (κ1) is 19.7. The maximum atomic E-state index is 12.6. The average molecular weight is 377 g/mol. The number of hydrogen-bond donors (Lipinski definition) is 1. The summed E-state index contributed by atoms with van der Waals surface area (Å²) in [5.41, 5.74) is 4.74. The second-order valence-corrected chi connectivity index (χ2v) is 7.05. The Kier molecular flexibility index (Phi) is 6.14. The lowest BCUT2D eigenvalue weighted by Gasteiger charge is -2.13. The summed E-state index contributed by atoms with van der Waals surface area (Å²) in [4.78, 5) is 12.6. The number of aromatic nitrogens is 2. The van der Waals surface area contributed by atoms with Crippen LogP contribution < -0.4 is 10.1 Å². The van der Waals surface area contributed by atoms with Gasteiger partial charge in [0.15, 0.2) is 0 Å². The highest BCUT2D eigenvalue weighted by Gasteiger charge is 2.14. The molecular weight excluding hydrogens is 350 g/mol. The predicted molar refractivity (Wildman–Crippen MR) is 110 cm³/mol. The third kappa shape index (κ3) is 4.80. The smallest absolute Gasteiger partial charge is 0.251 e. The quantitative estimate of drug-likeness (QED) is 0.655. The van der Waals surface area contributed by atoms with E-state index < -0.39 is 0 Å². The maximum Gasteiger partial charge on any atom is 0.251 e. The zero-order valence-corrected chi connectivity index (χ0v) is 16.9. The fourth-order valence-corrected chi connectivity index (χ4v) is 3.06. The van der Waals surface area contributed by atoms with Crippen LogP contribution in [0.3, 0.4) is 0 Å². The van der Waals surface area contributed by atoms with E-state index in [0.29, 0.717) is 12.2 Å². The Labute approximate surface area is 166 Å². The molecule has 1 atom stereocenters. The van der Waals surface area contributed by atoms with Crippen molar-refractivity contribution in [1.29, 1.82) is 0 Å². The number of nitrogens with one attached hydrogen (secondary N) is 1. The number of carbonyl (C=O) groups excluding carboxylic acids is 1. The van der Waals surface area contributed by atoms with Crippen LogP contribution in [-0.2, 0) is 13.2 Å². The average Bonchev–Trinajstić information content (AvgIpc) is 3.17. The van der Waals surface area contributed by atoms with Crippen LogP contribution in [0.1, 0.15) is 52.6 Å². The molecule has 0 aliphatic heterocycles. The predicted octanol–water partition coefficient (Wildman–Crippen LogP) is 4.59. The second kappa shape index (κ2) is 8.74. The highest BCUT2D eigenvalue weighted by Crippen LogP contribution is 2.20. The molecule has 0 aliphatic carbocycles. The Hall–Kier alpha value is -3.08. The second-order valence-electron chi connectivity index (χ2n) is 7.05. The first-order valence-corrected chi connectivity index (χ1v) is 9.59. The fourth-order valence-electron chi connectivity index (χ4n) is 3.06. The normalized spacial score (nSPS) is 11.9. The van der Waals surface area contributed by atoms with Gasteiger partial charge in [-0.05, 0) is 63.1 Å². The summed E-state index contributed by atoms with van der Waals surface area (Å²) in [5.74, 6) is 0.743. The van der Waals surface area contributed by atoms with Crippen molar-refractivity contribution in [2.75, 3.05) is 0 Å². The van der Waals surface area contributed by atoms with Gasteiger partial charge in [-0.1, -0.05) is 29.8 Å². The fraction of sp³-hybridized carbons (Fsp3) is 0.304. The molecular formula is C23H27N3O2. The number of hydrogen-bond acceptors (Lipinski definition) is 3. The van der Waals surface area contributed by atoms with E-state index in [-0.39, 0.29) is 11.9 Å².